The standard InChI is InChI=1S/C22H33NOSi2/c1-19(2)21(14-16-25(3,4)5)23(18-20-12-10-9-11-13-20)22(24)15-17-26(6,7)8/h9-13,19,21H,18H2,1-8H3. The molecule has 0 spiro atoms. The van der Waals surface area contributed by atoms with E-state index in [1.165, 1.54) is 0 Å². The van der Waals surface area contributed by atoms with Crippen molar-refractivity contribution in [2.24, 2.45) is 5.92 Å². The van der Waals surface area contributed by atoms with Crippen molar-refractivity contribution in [2.45, 2.75) is 65.7 Å². The minimum atomic E-state index is -1.61. The molecule has 0 saturated carbocycles. The van der Waals surface area contributed by atoms with Gasteiger partial charge in [-0.25, -0.2) is 0 Å². The fraction of sp³-hybridized carbons (Fsp3) is 0.500. The van der Waals surface area contributed by atoms with Gasteiger partial charge in [0.2, 0.25) is 0 Å². The summed E-state index contributed by atoms with van der Waals surface area (Å²) in [5.74, 6) is 6.47. The summed E-state index contributed by atoms with van der Waals surface area (Å²) in [5, 5.41) is 0. The fourth-order valence-electron chi connectivity index (χ4n) is 2.28. The van der Waals surface area contributed by atoms with E-state index in [9.17, 15) is 4.79 Å². The summed E-state index contributed by atoms with van der Waals surface area (Å²) in [5.41, 5.74) is 7.77. The molecule has 26 heavy (non-hydrogen) atoms. The van der Waals surface area contributed by atoms with Gasteiger partial charge in [-0.2, -0.15) is 0 Å². The van der Waals surface area contributed by atoms with Crippen molar-refractivity contribution in [3.63, 3.8) is 0 Å². The molecule has 140 valence electrons. The van der Waals surface area contributed by atoms with Crippen LogP contribution in [0, 0.1) is 28.8 Å². The van der Waals surface area contributed by atoms with E-state index in [0.717, 1.165) is 5.56 Å². The third-order valence-corrected chi connectivity index (χ3v) is 5.33. The van der Waals surface area contributed by atoms with Gasteiger partial charge in [0.1, 0.15) is 16.1 Å². The number of carbonyl (C=O) groups is 1. The zero-order chi connectivity index (χ0) is 20.0. The van der Waals surface area contributed by atoms with Crippen LogP contribution < -0.4 is 0 Å². The Morgan fingerprint density at radius 2 is 1.50 bits per heavy atom. The maximum Gasteiger partial charge on any atom is 0.299 e. The van der Waals surface area contributed by atoms with Crippen LogP contribution in [0.25, 0.3) is 0 Å². The number of carbonyl (C=O) groups excluding carboxylic acids is 1. The lowest BCUT2D eigenvalue weighted by Gasteiger charge is -2.30. The van der Waals surface area contributed by atoms with Crippen LogP contribution in [-0.2, 0) is 11.3 Å². The Bertz CT molecular complexity index is 719. The largest absolute Gasteiger partial charge is 0.313 e. The lowest BCUT2D eigenvalue weighted by molar-refractivity contribution is -0.127. The highest BCUT2D eigenvalue weighted by Gasteiger charge is 2.25. The molecule has 0 bridgehead atoms. The molecule has 0 aromatic heterocycles. The third-order valence-electron chi connectivity index (χ3n) is 3.56. The minimum Gasteiger partial charge on any atom is -0.313 e. The SMILES string of the molecule is CC(C)C(C#C[Si](C)(C)C)N(Cc1ccccc1)C(=O)C#C[Si](C)(C)C. The molecule has 4 heteroatoms. The van der Waals surface area contributed by atoms with Crippen LogP contribution in [0.5, 0.6) is 0 Å². The number of hydrogen-bond donors (Lipinski definition) is 0. The molecule has 1 aromatic rings. The van der Waals surface area contributed by atoms with Crippen molar-refractivity contribution in [3.8, 4) is 22.9 Å². The van der Waals surface area contributed by atoms with Gasteiger partial charge in [-0.05, 0) is 17.4 Å². The maximum atomic E-state index is 13.0. The van der Waals surface area contributed by atoms with Gasteiger partial charge in [0, 0.05) is 6.54 Å². The second-order valence-electron chi connectivity index (χ2n) is 9.13. The first-order valence-electron chi connectivity index (χ1n) is 9.29. The number of amides is 1. The van der Waals surface area contributed by atoms with Crippen LogP contribution in [0.1, 0.15) is 19.4 Å². The van der Waals surface area contributed by atoms with E-state index in [-0.39, 0.29) is 17.9 Å². The number of hydrogen-bond acceptors (Lipinski definition) is 1. The lowest BCUT2D eigenvalue weighted by Crippen LogP contribution is -2.42. The molecule has 0 aliphatic rings. The van der Waals surface area contributed by atoms with Crippen LogP contribution in [0.4, 0.5) is 0 Å². The molecule has 0 N–H and O–H groups in total. The molecule has 2 nitrogen and oxygen atoms in total. The Morgan fingerprint density at radius 1 is 0.962 bits per heavy atom. The van der Waals surface area contributed by atoms with Crippen molar-refractivity contribution >= 4 is 22.1 Å². The molecule has 1 aromatic carbocycles. The quantitative estimate of drug-likeness (QED) is 0.540. The van der Waals surface area contributed by atoms with Crippen LogP contribution >= 0.6 is 0 Å². The van der Waals surface area contributed by atoms with E-state index in [1.54, 1.807) is 0 Å². The van der Waals surface area contributed by atoms with Gasteiger partial charge >= 0.3 is 0 Å². The van der Waals surface area contributed by atoms with E-state index in [1.807, 2.05) is 23.1 Å². The van der Waals surface area contributed by atoms with Crippen molar-refractivity contribution < 1.29 is 4.79 Å². The predicted molar refractivity (Wildman–Crippen MR) is 118 cm³/mol. The van der Waals surface area contributed by atoms with Crippen molar-refractivity contribution in [2.75, 3.05) is 0 Å². The minimum absolute atomic E-state index is 0.111. The Labute approximate surface area is 162 Å². The van der Waals surface area contributed by atoms with Gasteiger partial charge in [-0.3, -0.25) is 4.79 Å². The monoisotopic (exact) mass is 383 g/mol. The van der Waals surface area contributed by atoms with Gasteiger partial charge < -0.3 is 4.90 Å². The topological polar surface area (TPSA) is 20.3 Å². The van der Waals surface area contributed by atoms with Crippen molar-refractivity contribution in [1.82, 2.24) is 4.90 Å². The van der Waals surface area contributed by atoms with E-state index < -0.39 is 16.1 Å². The Balaban J connectivity index is 3.28. The summed E-state index contributed by atoms with van der Waals surface area (Å²) in [4.78, 5) is 14.8. The molecule has 0 heterocycles. The number of nitrogens with zero attached hydrogens (tertiary/aromatic N) is 1. The zero-order valence-corrected chi connectivity index (χ0v) is 19.6. The first kappa shape index (κ1) is 22.3. The van der Waals surface area contributed by atoms with Crippen LogP contribution in [0.3, 0.4) is 0 Å². The molecule has 0 fully saturated rings. The molecule has 1 atom stereocenters. The predicted octanol–water partition coefficient (Wildman–Crippen LogP) is 4.80. The molecule has 0 aliphatic carbocycles. The van der Waals surface area contributed by atoms with Gasteiger partial charge in [0.05, 0.1) is 6.04 Å². The number of rotatable bonds is 4. The molecule has 0 aliphatic heterocycles. The second-order valence-corrected chi connectivity index (χ2v) is 18.6. The molecule has 0 radical (unpaired) electrons. The molecule has 0 saturated heterocycles. The van der Waals surface area contributed by atoms with E-state index in [0.29, 0.717) is 6.54 Å². The Hall–Kier alpha value is -1.76. The summed E-state index contributed by atoms with van der Waals surface area (Å²) in [6, 6.07) is 9.98. The Kier molecular flexibility index (Phi) is 7.94. The third kappa shape index (κ3) is 8.56. The van der Waals surface area contributed by atoms with Crippen LogP contribution in [0.2, 0.25) is 39.3 Å². The molecular formula is C22H33NOSi2. The van der Waals surface area contributed by atoms with E-state index >= 15 is 0 Å². The summed E-state index contributed by atoms with van der Waals surface area (Å²) in [6.07, 6.45) is 0. The van der Waals surface area contributed by atoms with Gasteiger partial charge in [-0.15, -0.1) is 11.1 Å². The van der Waals surface area contributed by atoms with Crippen molar-refractivity contribution in [3.05, 3.63) is 35.9 Å². The molecule has 1 unspecified atom stereocenters. The van der Waals surface area contributed by atoms with Gasteiger partial charge in [-0.1, -0.05) is 89.4 Å². The Morgan fingerprint density at radius 3 is 1.96 bits per heavy atom. The maximum absolute atomic E-state index is 13.0. The van der Waals surface area contributed by atoms with Gasteiger partial charge in [0.25, 0.3) is 5.91 Å². The van der Waals surface area contributed by atoms with E-state index in [2.05, 4.69) is 88.2 Å². The average molecular weight is 384 g/mol. The van der Waals surface area contributed by atoms with Crippen LogP contribution in [0.15, 0.2) is 30.3 Å². The van der Waals surface area contributed by atoms with E-state index in [4.69, 9.17) is 0 Å². The highest BCUT2D eigenvalue weighted by Crippen LogP contribution is 2.16. The summed E-state index contributed by atoms with van der Waals surface area (Å²) in [7, 11) is -3.12. The zero-order valence-electron chi connectivity index (χ0n) is 17.6. The highest BCUT2D eigenvalue weighted by molar-refractivity contribution is 6.84. The summed E-state index contributed by atoms with van der Waals surface area (Å²) >= 11 is 0. The van der Waals surface area contributed by atoms with Gasteiger partial charge in [0.15, 0.2) is 0 Å². The first-order chi connectivity index (χ1) is 11.9. The summed E-state index contributed by atoms with van der Waals surface area (Å²) in [6.45, 7) is 17.9. The molecule has 1 amide bonds. The molecular weight excluding hydrogens is 350 g/mol. The van der Waals surface area contributed by atoms with Crippen LogP contribution in [-0.4, -0.2) is 33.0 Å². The lowest BCUT2D eigenvalue weighted by atomic mass is 10.0. The molecule has 1 rings (SSSR count). The normalized spacial score (nSPS) is 12.5. The fourth-order valence-corrected chi connectivity index (χ4v) is 3.35. The highest BCUT2D eigenvalue weighted by atomic mass is 28.3. The smallest absolute Gasteiger partial charge is 0.299 e. The average Bonchev–Trinajstić information content (AvgIpc) is 2.50. The first-order valence-corrected chi connectivity index (χ1v) is 16.3. The second kappa shape index (κ2) is 9.26. The summed E-state index contributed by atoms with van der Waals surface area (Å²) < 4.78 is 0. The number of benzene rings is 1. The van der Waals surface area contributed by atoms with Crippen molar-refractivity contribution in [1.29, 1.82) is 0 Å².